The minimum absolute atomic E-state index is 0.0873. The quantitative estimate of drug-likeness (QED) is 0.349. The number of nitrogens with one attached hydrogen (secondary N) is 1. The third-order valence-electron chi connectivity index (χ3n) is 5.17. The molecule has 0 atom stereocenters. The van der Waals surface area contributed by atoms with Crippen LogP contribution in [0.25, 0.3) is 16.9 Å². The van der Waals surface area contributed by atoms with Crippen LogP contribution in [0.15, 0.2) is 48.5 Å². The number of aromatic nitrogens is 2. The van der Waals surface area contributed by atoms with E-state index in [0.717, 1.165) is 31.5 Å². The summed E-state index contributed by atoms with van der Waals surface area (Å²) in [6.45, 7) is 2.17. The first-order chi connectivity index (χ1) is 16.1. The molecule has 0 unspecified atom stereocenters. The Balaban J connectivity index is 1.83. The number of ether oxygens (including phenoxy) is 2. The predicted molar refractivity (Wildman–Crippen MR) is 128 cm³/mol. The monoisotopic (exact) mass is 489 g/mol. The second-order valence-corrected chi connectivity index (χ2v) is 8.33. The average Bonchev–Trinajstić information content (AvgIpc) is 3.46. The molecular weight excluding hydrogens is 465 g/mol. The summed E-state index contributed by atoms with van der Waals surface area (Å²) in [4.78, 5) is 13.3. The molecule has 1 aliphatic rings. The minimum atomic E-state index is -0.369. The lowest BCUT2D eigenvalue weighted by atomic mass is 10.1. The number of hydrogen-bond acceptors (Lipinski definition) is 6. The van der Waals surface area contributed by atoms with E-state index in [1.165, 1.54) is 0 Å². The Hall–Kier alpha value is -2.62. The molecule has 33 heavy (non-hydrogen) atoms. The SMILES string of the molecule is NCCOCOc1c(C(=O)NN2CCCC2)nn(-c2ccccc2Cl)c1-c1ccc(Cl)cc1. The molecule has 2 aromatic carbocycles. The van der Waals surface area contributed by atoms with E-state index < -0.39 is 0 Å². The molecule has 8 nitrogen and oxygen atoms in total. The van der Waals surface area contributed by atoms with Crippen LogP contribution in [0.2, 0.25) is 10.0 Å². The summed E-state index contributed by atoms with van der Waals surface area (Å²) in [7, 11) is 0. The van der Waals surface area contributed by atoms with E-state index >= 15 is 0 Å². The van der Waals surface area contributed by atoms with Crippen molar-refractivity contribution in [1.29, 1.82) is 0 Å². The summed E-state index contributed by atoms with van der Waals surface area (Å²) in [5, 5.41) is 7.58. The van der Waals surface area contributed by atoms with E-state index in [1.807, 2.05) is 35.3 Å². The third kappa shape index (κ3) is 5.48. The maximum atomic E-state index is 13.3. The first-order valence-corrected chi connectivity index (χ1v) is 11.4. The number of rotatable bonds is 9. The summed E-state index contributed by atoms with van der Waals surface area (Å²) < 4.78 is 13.0. The number of amides is 1. The van der Waals surface area contributed by atoms with Gasteiger partial charge in [-0.15, -0.1) is 0 Å². The number of hydrogen-bond donors (Lipinski definition) is 2. The second-order valence-electron chi connectivity index (χ2n) is 7.49. The Morgan fingerprint density at radius 3 is 2.52 bits per heavy atom. The van der Waals surface area contributed by atoms with Crippen molar-refractivity contribution in [1.82, 2.24) is 20.2 Å². The molecule has 1 aliphatic heterocycles. The van der Waals surface area contributed by atoms with E-state index in [9.17, 15) is 4.79 Å². The number of carbonyl (C=O) groups is 1. The van der Waals surface area contributed by atoms with Crippen LogP contribution in [-0.2, 0) is 4.74 Å². The van der Waals surface area contributed by atoms with Crippen LogP contribution in [0.4, 0.5) is 0 Å². The van der Waals surface area contributed by atoms with Crippen LogP contribution in [0, 0.1) is 0 Å². The first-order valence-electron chi connectivity index (χ1n) is 10.7. The molecule has 1 saturated heterocycles. The summed E-state index contributed by atoms with van der Waals surface area (Å²) in [6.07, 6.45) is 2.06. The average molecular weight is 490 g/mol. The Bertz CT molecular complexity index is 1100. The van der Waals surface area contributed by atoms with Crippen molar-refractivity contribution >= 4 is 29.1 Å². The van der Waals surface area contributed by atoms with Crippen molar-refractivity contribution in [2.24, 2.45) is 5.73 Å². The Kier molecular flexibility index (Phi) is 7.85. The lowest BCUT2D eigenvalue weighted by Gasteiger charge is -2.16. The molecule has 3 N–H and O–H groups in total. The highest BCUT2D eigenvalue weighted by atomic mass is 35.5. The van der Waals surface area contributed by atoms with E-state index in [2.05, 4.69) is 10.5 Å². The van der Waals surface area contributed by atoms with Crippen molar-refractivity contribution in [2.75, 3.05) is 33.0 Å². The Labute approximate surface area is 202 Å². The molecule has 0 radical (unpaired) electrons. The van der Waals surface area contributed by atoms with Gasteiger partial charge in [-0.2, -0.15) is 5.10 Å². The number of halogens is 2. The fourth-order valence-corrected chi connectivity index (χ4v) is 3.96. The van der Waals surface area contributed by atoms with E-state index in [0.29, 0.717) is 34.6 Å². The van der Waals surface area contributed by atoms with Crippen molar-refractivity contribution in [3.05, 3.63) is 64.3 Å². The summed E-state index contributed by atoms with van der Waals surface area (Å²) in [5.41, 5.74) is 10.5. The van der Waals surface area contributed by atoms with Gasteiger partial charge in [-0.05, 0) is 37.1 Å². The normalized spacial score (nSPS) is 13.9. The summed E-state index contributed by atoms with van der Waals surface area (Å²) in [5.74, 6) is -0.0855. The maximum Gasteiger partial charge on any atom is 0.289 e. The fourth-order valence-electron chi connectivity index (χ4n) is 3.62. The fraction of sp³-hybridized carbons (Fsp3) is 0.304. The predicted octanol–water partition coefficient (Wildman–Crippen LogP) is 3.90. The highest BCUT2D eigenvalue weighted by Gasteiger charge is 2.29. The van der Waals surface area contributed by atoms with Crippen LogP contribution in [0.1, 0.15) is 23.3 Å². The number of nitrogens with two attached hydrogens (primary N) is 1. The van der Waals surface area contributed by atoms with Gasteiger partial charge in [0, 0.05) is 30.2 Å². The van der Waals surface area contributed by atoms with Crippen LogP contribution in [0.3, 0.4) is 0 Å². The molecule has 1 aromatic heterocycles. The third-order valence-corrected chi connectivity index (χ3v) is 5.74. The molecule has 0 bridgehead atoms. The van der Waals surface area contributed by atoms with Gasteiger partial charge < -0.3 is 15.2 Å². The molecule has 0 aliphatic carbocycles. The highest BCUT2D eigenvalue weighted by Crippen LogP contribution is 2.37. The van der Waals surface area contributed by atoms with Gasteiger partial charge in [0.25, 0.3) is 5.91 Å². The zero-order valence-electron chi connectivity index (χ0n) is 18.0. The molecule has 0 spiro atoms. The van der Waals surface area contributed by atoms with Crippen molar-refractivity contribution in [3.63, 3.8) is 0 Å². The van der Waals surface area contributed by atoms with Gasteiger partial charge in [-0.25, -0.2) is 9.69 Å². The molecular formula is C23H25Cl2N5O3. The van der Waals surface area contributed by atoms with E-state index in [4.69, 9.17) is 38.4 Å². The Morgan fingerprint density at radius 2 is 1.82 bits per heavy atom. The zero-order valence-corrected chi connectivity index (χ0v) is 19.5. The van der Waals surface area contributed by atoms with E-state index in [-0.39, 0.29) is 24.1 Å². The number of nitrogens with zero attached hydrogens (tertiary/aromatic N) is 3. The van der Waals surface area contributed by atoms with Gasteiger partial charge in [0.2, 0.25) is 0 Å². The molecule has 1 fully saturated rings. The van der Waals surface area contributed by atoms with Crippen molar-refractivity contribution in [2.45, 2.75) is 12.8 Å². The van der Waals surface area contributed by atoms with Gasteiger partial charge in [-0.3, -0.25) is 10.2 Å². The maximum absolute atomic E-state index is 13.3. The molecule has 2 heterocycles. The molecule has 3 aromatic rings. The molecule has 0 saturated carbocycles. The summed E-state index contributed by atoms with van der Waals surface area (Å²) in [6, 6.07) is 14.5. The molecule has 4 rings (SSSR count). The lowest BCUT2D eigenvalue weighted by molar-refractivity contribution is 0.0191. The number of benzene rings is 2. The Morgan fingerprint density at radius 1 is 1.09 bits per heavy atom. The number of para-hydroxylation sites is 1. The van der Waals surface area contributed by atoms with Gasteiger partial charge in [0.05, 0.1) is 17.3 Å². The lowest BCUT2D eigenvalue weighted by Crippen LogP contribution is -2.40. The largest absolute Gasteiger partial charge is 0.463 e. The topological polar surface area (TPSA) is 94.6 Å². The molecule has 10 heteroatoms. The zero-order chi connectivity index (χ0) is 23.2. The standard InChI is InChI=1S/C23H25Cl2N5O3/c24-17-9-7-16(8-10-17)21-22(33-15-32-14-11-26)20(23(31)28-29-12-3-4-13-29)27-30(21)19-6-2-1-5-18(19)25/h1-2,5-10H,3-4,11-15,26H2,(H,28,31). The molecule has 1 amide bonds. The molecule has 174 valence electrons. The van der Waals surface area contributed by atoms with E-state index in [1.54, 1.807) is 22.9 Å². The first kappa shape index (κ1) is 23.5. The van der Waals surface area contributed by atoms with Crippen molar-refractivity contribution in [3.8, 4) is 22.7 Å². The van der Waals surface area contributed by atoms with Gasteiger partial charge in [0.15, 0.2) is 18.2 Å². The van der Waals surface area contributed by atoms with Gasteiger partial charge in [-0.1, -0.05) is 47.5 Å². The van der Waals surface area contributed by atoms with Crippen LogP contribution in [-0.4, -0.2) is 53.7 Å². The van der Waals surface area contributed by atoms with Crippen LogP contribution in [0.5, 0.6) is 5.75 Å². The smallest absolute Gasteiger partial charge is 0.289 e. The minimum Gasteiger partial charge on any atom is -0.463 e. The highest BCUT2D eigenvalue weighted by molar-refractivity contribution is 6.32. The van der Waals surface area contributed by atoms with Crippen molar-refractivity contribution < 1.29 is 14.3 Å². The number of hydrazine groups is 1. The summed E-state index contributed by atoms with van der Waals surface area (Å²) >= 11 is 12.6. The van der Waals surface area contributed by atoms with Crippen LogP contribution < -0.4 is 15.9 Å². The second kappa shape index (κ2) is 11.0. The van der Waals surface area contributed by atoms with Gasteiger partial charge in [0.1, 0.15) is 5.69 Å². The van der Waals surface area contributed by atoms with Gasteiger partial charge >= 0.3 is 0 Å². The number of carbonyl (C=O) groups excluding carboxylic acids is 1. The van der Waals surface area contributed by atoms with Crippen LogP contribution >= 0.6 is 23.2 Å².